The maximum Gasteiger partial charge on any atom is 0.234 e. The first kappa shape index (κ1) is 19.3. The minimum Gasteiger partial charge on any atom is -0.341 e. The zero-order chi connectivity index (χ0) is 18.2. The number of hydrogen-bond acceptors (Lipinski definition) is 3. The maximum atomic E-state index is 12.2. The Kier molecular flexibility index (Phi) is 7.34. The van der Waals surface area contributed by atoms with Crippen molar-refractivity contribution in [2.75, 3.05) is 23.9 Å². The van der Waals surface area contributed by atoms with Gasteiger partial charge in [-0.15, -0.1) is 11.8 Å². The molecule has 0 atom stereocenters. The second kappa shape index (κ2) is 9.49. The molecule has 0 heterocycles. The van der Waals surface area contributed by atoms with Gasteiger partial charge in [0.15, 0.2) is 0 Å². The van der Waals surface area contributed by atoms with Gasteiger partial charge in [0.25, 0.3) is 0 Å². The van der Waals surface area contributed by atoms with Gasteiger partial charge in [0.1, 0.15) is 0 Å². The molecule has 6 heteroatoms. The SMILES string of the molecule is Cc1ccccc1CN(C)C(=O)CSCC(=O)Nc1ccc(Cl)cc1. The highest BCUT2D eigenvalue weighted by Crippen LogP contribution is 2.14. The van der Waals surface area contributed by atoms with Gasteiger partial charge in [-0.05, 0) is 42.3 Å². The highest BCUT2D eigenvalue weighted by atomic mass is 35.5. The van der Waals surface area contributed by atoms with Gasteiger partial charge in [0, 0.05) is 24.3 Å². The molecule has 2 aromatic rings. The first-order valence-corrected chi connectivity index (χ1v) is 9.40. The van der Waals surface area contributed by atoms with Crippen molar-refractivity contribution >= 4 is 40.9 Å². The molecule has 0 unspecified atom stereocenters. The van der Waals surface area contributed by atoms with Crippen LogP contribution in [0.4, 0.5) is 5.69 Å². The molecule has 1 N–H and O–H groups in total. The fourth-order valence-corrected chi connectivity index (χ4v) is 3.08. The van der Waals surface area contributed by atoms with Crippen molar-refractivity contribution in [1.82, 2.24) is 4.90 Å². The van der Waals surface area contributed by atoms with E-state index in [-0.39, 0.29) is 23.3 Å². The van der Waals surface area contributed by atoms with Crippen molar-refractivity contribution in [3.8, 4) is 0 Å². The Labute approximate surface area is 157 Å². The van der Waals surface area contributed by atoms with Crippen molar-refractivity contribution in [3.05, 3.63) is 64.7 Å². The van der Waals surface area contributed by atoms with Crippen molar-refractivity contribution in [3.63, 3.8) is 0 Å². The molecule has 2 rings (SSSR count). The van der Waals surface area contributed by atoms with Crippen LogP contribution in [0, 0.1) is 6.92 Å². The van der Waals surface area contributed by atoms with E-state index in [1.165, 1.54) is 11.8 Å². The number of hydrogen-bond donors (Lipinski definition) is 1. The van der Waals surface area contributed by atoms with Gasteiger partial charge in [-0.3, -0.25) is 9.59 Å². The Bertz CT molecular complexity index is 734. The Hall–Kier alpha value is -1.98. The quantitative estimate of drug-likeness (QED) is 0.795. The molecule has 4 nitrogen and oxygen atoms in total. The van der Waals surface area contributed by atoms with E-state index in [1.807, 2.05) is 31.2 Å². The van der Waals surface area contributed by atoms with E-state index in [4.69, 9.17) is 11.6 Å². The predicted octanol–water partition coefficient (Wildman–Crippen LogP) is 3.98. The molecule has 25 heavy (non-hydrogen) atoms. The molecular formula is C19H21ClN2O2S. The van der Waals surface area contributed by atoms with Crippen LogP contribution >= 0.6 is 23.4 Å². The molecule has 0 aliphatic rings. The number of rotatable bonds is 7. The van der Waals surface area contributed by atoms with Crippen molar-refractivity contribution in [2.24, 2.45) is 0 Å². The first-order chi connectivity index (χ1) is 12.0. The van der Waals surface area contributed by atoms with Crippen LogP contribution in [0.25, 0.3) is 0 Å². The van der Waals surface area contributed by atoms with Crippen molar-refractivity contribution in [2.45, 2.75) is 13.5 Å². The number of aryl methyl sites for hydroxylation is 1. The van der Waals surface area contributed by atoms with Gasteiger partial charge in [-0.2, -0.15) is 0 Å². The molecule has 0 aliphatic heterocycles. The highest BCUT2D eigenvalue weighted by molar-refractivity contribution is 8.00. The minimum atomic E-state index is -0.137. The summed E-state index contributed by atoms with van der Waals surface area (Å²) in [5, 5.41) is 3.40. The molecular weight excluding hydrogens is 356 g/mol. The monoisotopic (exact) mass is 376 g/mol. The molecule has 0 fully saturated rings. The predicted molar refractivity (Wildman–Crippen MR) is 105 cm³/mol. The van der Waals surface area contributed by atoms with Crippen LogP contribution in [0.3, 0.4) is 0 Å². The standard InChI is InChI=1S/C19H21ClN2O2S/c1-14-5-3-4-6-15(14)11-22(2)19(24)13-25-12-18(23)21-17-9-7-16(20)8-10-17/h3-10H,11-13H2,1-2H3,(H,21,23). The van der Waals surface area contributed by atoms with Gasteiger partial charge in [-0.25, -0.2) is 0 Å². The Balaban J connectivity index is 1.73. The third-order valence-electron chi connectivity index (χ3n) is 3.68. The molecule has 0 aliphatic carbocycles. The largest absolute Gasteiger partial charge is 0.341 e. The van der Waals surface area contributed by atoms with Crippen LogP contribution in [-0.2, 0) is 16.1 Å². The van der Waals surface area contributed by atoms with Crippen molar-refractivity contribution < 1.29 is 9.59 Å². The molecule has 0 saturated carbocycles. The summed E-state index contributed by atoms with van der Waals surface area (Å²) in [7, 11) is 1.78. The highest BCUT2D eigenvalue weighted by Gasteiger charge is 2.12. The number of thioether (sulfide) groups is 1. The van der Waals surface area contributed by atoms with Gasteiger partial charge in [0.2, 0.25) is 11.8 Å². The summed E-state index contributed by atoms with van der Waals surface area (Å²) in [4.78, 5) is 25.8. The Morgan fingerprint density at radius 2 is 1.76 bits per heavy atom. The summed E-state index contributed by atoms with van der Waals surface area (Å²) in [6, 6.07) is 14.9. The zero-order valence-electron chi connectivity index (χ0n) is 14.3. The van der Waals surface area contributed by atoms with Crippen LogP contribution in [0.15, 0.2) is 48.5 Å². The van der Waals surface area contributed by atoms with E-state index in [9.17, 15) is 9.59 Å². The molecule has 2 amide bonds. The number of nitrogens with one attached hydrogen (secondary N) is 1. The topological polar surface area (TPSA) is 49.4 Å². The summed E-state index contributed by atoms with van der Waals surface area (Å²) < 4.78 is 0. The number of amides is 2. The third kappa shape index (κ3) is 6.44. The lowest BCUT2D eigenvalue weighted by molar-refractivity contribution is -0.127. The van der Waals surface area contributed by atoms with E-state index < -0.39 is 0 Å². The molecule has 0 spiro atoms. The molecule has 2 aromatic carbocycles. The number of nitrogens with zero attached hydrogens (tertiary/aromatic N) is 1. The van der Waals surface area contributed by atoms with Gasteiger partial charge in [-0.1, -0.05) is 35.9 Å². The number of benzene rings is 2. The van der Waals surface area contributed by atoms with E-state index in [0.717, 1.165) is 11.1 Å². The Morgan fingerprint density at radius 3 is 2.44 bits per heavy atom. The number of anilines is 1. The average molecular weight is 377 g/mol. The van der Waals surface area contributed by atoms with Crippen LogP contribution < -0.4 is 5.32 Å². The molecule has 132 valence electrons. The molecule has 0 bridgehead atoms. The molecule has 0 radical (unpaired) electrons. The number of halogens is 1. The summed E-state index contributed by atoms with van der Waals surface area (Å²) in [6.45, 7) is 2.60. The maximum absolute atomic E-state index is 12.2. The fraction of sp³-hybridized carbons (Fsp3) is 0.263. The number of carbonyl (C=O) groups is 2. The summed E-state index contributed by atoms with van der Waals surface area (Å²) >= 11 is 7.11. The lowest BCUT2D eigenvalue weighted by atomic mass is 10.1. The molecule has 0 aromatic heterocycles. The van der Waals surface area contributed by atoms with Gasteiger partial charge in [0.05, 0.1) is 11.5 Å². The summed E-state index contributed by atoms with van der Waals surface area (Å²) in [5.41, 5.74) is 2.99. The molecule has 0 saturated heterocycles. The lowest BCUT2D eigenvalue weighted by Gasteiger charge is -2.18. The van der Waals surface area contributed by atoms with Crippen LogP contribution in [0.2, 0.25) is 5.02 Å². The van der Waals surface area contributed by atoms with E-state index in [2.05, 4.69) is 5.32 Å². The van der Waals surface area contributed by atoms with E-state index in [1.54, 1.807) is 36.2 Å². The lowest BCUT2D eigenvalue weighted by Crippen LogP contribution is -2.28. The van der Waals surface area contributed by atoms with Gasteiger partial charge >= 0.3 is 0 Å². The summed E-state index contributed by atoms with van der Waals surface area (Å²) in [5.74, 6) is 0.373. The minimum absolute atomic E-state index is 0.00699. The van der Waals surface area contributed by atoms with Crippen LogP contribution in [0.1, 0.15) is 11.1 Å². The zero-order valence-corrected chi connectivity index (χ0v) is 15.9. The van der Waals surface area contributed by atoms with E-state index in [0.29, 0.717) is 17.3 Å². The average Bonchev–Trinajstić information content (AvgIpc) is 2.59. The van der Waals surface area contributed by atoms with Gasteiger partial charge < -0.3 is 10.2 Å². The van der Waals surface area contributed by atoms with Crippen molar-refractivity contribution in [1.29, 1.82) is 0 Å². The first-order valence-electron chi connectivity index (χ1n) is 7.87. The third-order valence-corrected chi connectivity index (χ3v) is 4.85. The van der Waals surface area contributed by atoms with E-state index >= 15 is 0 Å². The fourth-order valence-electron chi connectivity index (χ4n) is 2.20. The smallest absolute Gasteiger partial charge is 0.234 e. The van der Waals surface area contributed by atoms with Crippen LogP contribution in [-0.4, -0.2) is 35.3 Å². The number of carbonyl (C=O) groups excluding carboxylic acids is 2. The normalized spacial score (nSPS) is 10.4. The van der Waals surface area contributed by atoms with Crippen LogP contribution in [0.5, 0.6) is 0 Å². The second-order valence-corrected chi connectivity index (χ2v) is 7.15. The summed E-state index contributed by atoms with van der Waals surface area (Å²) in [6.07, 6.45) is 0. The Morgan fingerprint density at radius 1 is 1.08 bits per heavy atom. The second-order valence-electron chi connectivity index (χ2n) is 5.72.